The molecule has 0 bridgehead atoms. The molecule has 1 saturated heterocycles. The van der Waals surface area contributed by atoms with Crippen LogP contribution < -0.4 is 15.4 Å². The van der Waals surface area contributed by atoms with Crippen LogP contribution in [0.2, 0.25) is 0 Å². The van der Waals surface area contributed by atoms with Crippen molar-refractivity contribution < 1.29 is 28.7 Å². The molecule has 1 fully saturated rings. The van der Waals surface area contributed by atoms with Crippen molar-refractivity contribution in [1.82, 2.24) is 10.2 Å². The number of urea groups is 1. The normalized spacial score (nSPS) is 18.4. The van der Waals surface area contributed by atoms with Crippen LogP contribution >= 0.6 is 0 Å². The first-order valence-electron chi connectivity index (χ1n) is 9.44. The van der Waals surface area contributed by atoms with Crippen LogP contribution in [-0.2, 0) is 19.1 Å². The maximum absolute atomic E-state index is 12.5. The first kappa shape index (κ1) is 22.2. The van der Waals surface area contributed by atoms with Crippen molar-refractivity contribution in [1.29, 1.82) is 0 Å². The van der Waals surface area contributed by atoms with Crippen LogP contribution in [0.15, 0.2) is 18.2 Å². The lowest BCUT2D eigenvalue weighted by molar-refractivity contribution is -0.150. The van der Waals surface area contributed by atoms with Gasteiger partial charge in [-0.25, -0.2) is 4.79 Å². The highest BCUT2D eigenvalue weighted by Gasteiger charge is 2.47. The molecular weight excluding hydrogens is 378 g/mol. The van der Waals surface area contributed by atoms with Crippen LogP contribution in [0.4, 0.5) is 10.5 Å². The molecule has 4 amide bonds. The second kappa shape index (κ2) is 9.40. The lowest BCUT2D eigenvalue weighted by Crippen LogP contribution is -2.44. The van der Waals surface area contributed by atoms with Crippen LogP contribution in [0.25, 0.3) is 0 Å². The highest BCUT2D eigenvalue weighted by molar-refractivity contribution is 6.08. The average Bonchev–Trinajstić information content (AvgIpc) is 2.88. The number of hydrogen-bond donors (Lipinski definition) is 2. The Morgan fingerprint density at radius 2 is 2.00 bits per heavy atom. The number of methoxy groups -OCH3 is 1. The van der Waals surface area contributed by atoms with E-state index in [0.717, 1.165) is 23.3 Å². The fourth-order valence-corrected chi connectivity index (χ4v) is 3.02. The molecular formula is C20H27N3O6. The molecule has 1 heterocycles. The van der Waals surface area contributed by atoms with Gasteiger partial charge in [-0.3, -0.25) is 19.3 Å². The highest BCUT2D eigenvalue weighted by atomic mass is 16.5. The largest absolute Gasteiger partial charge is 0.495 e. The Hall–Kier alpha value is -3.10. The number of rotatable bonds is 9. The van der Waals surface area contributed by atoms with E-state index in [1.165, 1.54) is 7.11 Å². The molecule has 1 aliphatic heterocycles. The van der Waals surface area contributed by atoms with Crippen molar-refractivity contribution in [2.45, 2.75) is 45.6 Å². The molecule has 0 radical (unpaired) electrons. The Balaban J connectivity index is 1.88. The number of esters is 1. The Labute approximate surface area is 169 Å². The summed E-state index contributed by atoms with van der Waals surface area (Å²) in [5.41, 5.74) is 0.351. The lowest BCUT2D eigenvalue weighted by atomic mass is 9.95. The molecule has 2 N–H and O–H groups in total. The van der Waals surface area contributed by atoms with Gasteiger partial charge in [0, 0.05) is 0 Å². The van der Waals surface area contributed by atoms with Gasteiger partial charge in [0.2, 0.25) is 0 Å². The fourth-order valence-electron chi connectivity index (χ4n) is 3.02. The molecule has 0 saturated carbocycles. The number of amides is 4. The van der Waals surface area contributed by atoms with Crippen molar-refractivity contribution in [3.8, 4) is 5.75 Å². The molecule has 0 aliphatic carbocycles. The average molecular weight is 405 g/mol. The summed E-state index contributed by atoms with van der Waals surface area (Å²) in [4.78, 5) is 49.5. The highest BCUT2D eigenvalue weighted by Crippen LogP contribution is 2.25. The maximum atomic E-state index is 12.5. The number of aryl methyl sites for hydroxylation is 1. The molecule has 158 valence electrons. The topological polar surface area (TPSA) is 114 Å². The van der Waals surface area contributed by atoms with E-state index in [1.54, 1.807) is 19.1 Å². The third-order valence-corrected chi connectivity index (χ3v) is 4.66. The zero-order chi connectivity index (χ0) is 21.6. The summed E-state index contributed by atoms with van der Waals surface area (Å²) in [6.07, 6.45) is 2.13. The third-order valence-electron chi connectivity index (χ3n) is 4.66. The molecule has 29 heavy (non-hydrogen) atoms. The summed E-state index contributed by atoms with van der Waals surface area (Å²) in [6.45, 7) is 4.38. The summed E-state index contributed by atoms with van der Waals surface area (Å²) in [5, 5.41) is 5.23. The summed E-state index contributed by atoms with van der Waals surface area (Å²) in [6, 6.07) is 4.63. The second-order valence-corrected chi connectivity index (χ2v) is 7.17. The number of carbonyl (C=O) groups is 4. The summed E-state index contributed by atoms with van der Waals surface area (Å²) in [7, 11) is 1.48. The number of nitrogens with zero attached hydrogens (tertiary/aromatic N) is 1. The Bertz CT molecular complexity index is 809. The van der Waals surface area contributed by atoms with E-state index in [2.05, 4.69) is 10.6 Å². The Morgan fingerprint density at radius 3 is 2.66 bits per heavy atom. The number of anilines is 1. The van der Waals surface area contributed by atoms with Crippen LogP contribution in [-0.4, -0.2) is 54.5 Å². The van der Waals surface area contributed by atoms with Crippen molar-refractivity contribution in [3.05, 3.63) is 23.8 Å². The van der Waals surface area contributed by atoms with Crippen LogP contribution in [0.3, 0.4) is 0 Å². The SMILES string of the molecule is CCCC[C@@]1(C)NC(=O)N(CC(=O)OCC(=O)Nc2cc(C)ccc2OC)C1=O. The fraction of sp³-hybridized carbons (Fsp3) is 0.500. The van der Waals surface area contributed by atoms with Gasteiger partial charge in [0.25, 0.3) is 11.8 Å². The van der Waals surface area contributed by atoms with Crippen molar-refractivity contribution >= 4 is 29.5 Å². The smallest absolute Gasteiger partial charge is 0.326 e. The molecule has 0 spiro atoms. The number of ether oxygens (including phenoxy) is 2. The number of unbranched alkanes of at least 4 members (excludes halogenated alkanes) is 1. The molecule has 1 aliphatic rings. The quantitative estimate of drug-likeness (QED) is 0.480. The number of imide groups is 1. The van der Waals surface area contributed by atoms with Gasteiger partial charge in [-0.1, -0.05) is 25.8 Å². The first-order chi connectivity index (χ1) is 13.7. The van der Waals surface area contributed by atoms with Gasteiger partial charge in [-0.2, -0.15) is 0 Å². The molecule has 2 rings (SSSR count). The Morgan fingerprint density at radius 1 is 1.28 bits per heavy atom. The van der Waals surface area contributed by atoms with Crippen LogP contribution in [0, 0.1) is 6.92 Å². The van der Waals surface area contributed by atoms with E-state index in [4.69, 9.17) is 9.47 Å². The van der Waals surface area contributed by atoms with Crippen molar-refractivity contribution in [2.75, 3.05) is 25.6 Å². The zero-order valence-corrected chi connectivity index (χ0v) is 17.2. The molecule has 1 aromatic rings. The van der Waals surface area contributed by atoms with Gasteiger partial charge in [-0.05, 0) is 38.0 Å². The monoisotopic (exact) mass is 405 g/mol. The summed E-state index contributed by atoms with van der Waals surface area (Å²) >= 11 is 0. The molecule has 0 unspecified atom stereocenters. The standard InChI is InChI=1S/C20H27N3O6/c1-5-6-9-20(3)18(26)23(19(27)22-20)11-17(25)29-12-16(24)21-14-10-13(2)7-8-15(14)28-4/h7-8,10H,5-6,9,11-12H2,1-4H3,(H,21,24)(H,22,27)/t20-/m1/s1. The van der Waals surface area contributed by atoms with Crippen molar-refractivity contribution in [2.24, 2.45) is 0 Å². The Kier molecular flexibility index (Phi) is 7.19. The van der Waals surface area contributed by atoms with Crippen LogP contribution in [0.1, 0.15) is 38.7 Å². The predicted molar refractivity (Wildman–Crippen MR) is 105 cm³/mol. The van der Waals surface area contributed by atoms with Gasteiger partial charge >= 0.3 is 12.0 Å². The second-order valence-electron chi connectivity index (χ2n) is 7.17. The third kappa shape index (κ3) is 5.46. The zero-order valence-electron chi connectivity index (χ0n) is 17.2. The maximum Gasteiger partial charge on any atom is 0.326 e. The van der Waals surface area contributed by atoms with E-state index >= 15 is 0 Å². The van der Waals surface area contributed by atoms with Gasteiger partial charge in [-0.15, -0.1) is 0 Å². The number of hydrogen-bond acceptors (Lipinski definition) is 6. The van der Waals surface area contributed by atoms with E-state index in [-0.39, 0.29) is 0 Å². The van der Waals surface area contributed by atoms with Crippen LogP contribution in [0.5, 0.6) is 5.75 Å². The number of benzene rings is 1. The molecule has 9 heteroatoms. The van der Waals surface area contributed by atoms with Gasteiger partial charge in [0.15, 0.2) is 6.61 Å². The minimum atomic E-state index is -1.02. The van der Waals surface area contributed by atoms with Gasteiger partial charge in [0.05, 0.1) is 12.8 Å². The van der Waals surface area contributed by atoms with Gasteiger partial charge < -0.3 is 20.1 Å². The molecule has 9 nitrogen and oxygen atoms in total. The number of nitrogens with one attached hydrogen (secondary N) is 2. The molecule has 1 atom stereocenters. The predicted octanol–water partition coefficient (Wildman–Crippen LogP) is 1.99. The minimum Gasteiger partial charge on any atom is -0.495 e. The summed E-state index contributed by atoms with van der Waals surface area (Å²) < 4.78 is 10.1. The molecule has 1 aromatic carbocycles. The summed E-state index contributed by atoms with van der Waals surface area (Å²) in [5.74, 6) is -1.41. The van der Waals surface area contributed by atoms with E-state index < -0.39 is 42.5 Å². The minimum absolute atomic E-state index is 0.453. The van der Waals surface area contributed by atoms with E-state index in [0.29, 0.717) is 17.9 Å². The molecule has 0 aromatic heterocycles. The van der Waals surface area contributed by atoms with E-state index in [9.17, 15) is 19.2 Å². The first-order valence-corrected chi connectivity index (χ1v) is 9.44. The van der Waals surface area contributed by atoms with Gasteiger partial charge in [0.1, 0.15) is 17.8 Å². The van der Waals surface area contributed by atoms with E-state index in [1.807, 2.05) is 19.9 Å². The lowest BCUT2D eigenvalue weighted by Gasteiger charge is -2.21. The number of carbonyl (C=O) groups excluding carboxylic acids is 4. The van der Waals surface area contributed by atoms with Crippen molar-refractivity contribution in [3.63, 3.8) is 0 Å².